The van der Waals surface area contributed by atoms with Crippen molar-refractivity contribution in [2.24, 2.45) is 0 Å². The SMILES string of the molecule is C[C@H](C(=O)NCc1ccco1)N(Cc1ccc(Cl)cc1)C(=O)CCc1ccc(S(=O)(=O)NC2CC2)cc1. The van der Waals surface area contributed by atoms with E-state index in [0.29, 0.717) is 17.2 Å². The van der Waals surface area contributed by atoms with Crippen molar-refractivity contribution in [3.63, 3.8) is 0 Å². The summed E-state index contributed by atoms with van der Waals surface area (Å²) in [5, 5.41) is 3.40. The fourth-order valence-corrected chi connectivity index (χ4v) is 5.25. The minimum absolute atomic E-state index is 0.0344. The molecule has 0 aliphatic heterocycles. The molecule has 4 rings (SSSR count). The van der Waals surface area contributed by atoms with Gasteiger partial charge in [0.1, 0.15) is 11.8 Å². The highest BCUT2D eigenvalue weighted by Crippen LogP contribution is 2.22. The number of sulfonamides is 1. The molecule has 0 bridgehead atoms. The van der Waals surface area contributed by atoms with E-state index in [-0.39, 0.29) is 42.3 Å². The molecule has 3 aromatic rings. The number of aryl methyl sites for hydroxylation is 1. The highest BCUT2D eigenvalue weighted by Gasteiger charge is 2.28. The maximum atomic E-state index is 13.3. The van der Waals surface area contributed by atoms with Gasteiger partial charge in [0.25, 0.3) is 0 Å². The van der Waals surface area contributed by atoms with Crippen LogP contribution in [0.15, 0.2) is 76.2 Å². The molecule has 1 aromatic heterocycles. The molecule has 2 amide bonds. The van der Waals surface area contributed by atoms with Gasteiger partial charge in [0.15, 0.2) is 0 Å². The molecule has 2 aromatic carbocycles. The molecule has 0 saturated heterocycles. The van der Waals surface area contributed by atoms with Crippen LogP contribution in [-0.2, 0) is 39.1 Å². The van der Waals surface area contributed by atoms with Crippen molar-refractivity contribution in [1.82, 2.24) is 14.9 Å². The molecule has 2 N–H and O–H groups in total. The van der Waals surface area contributed by atoms with Crippen LogP contribution in [-0.4, -0.2) is 37.2 Å². The molecular formula is C27H30ClN3O5S. The Bertz CT molecular complexity index is 1310. The Morgan fingerprint density at radius 1 is 1.05 bits per heavy atom. The Morgan fingerprint density at radius 2 is 1.73 bits per heavy atom. The van der Waals surface area contributed by atoms with Gasteiger partial charge in [0, 0.05) is 24.0 Å². The van der Waals surface area contributed by atoms with Crippen molar-refractivity contribution >= 4 is 33.4 Å². The van der Waals surface area contributed by atoms with Crippen LogP contribution in [0.25, 0.3) is 0 Å². The zero-order valence-electron chi connectivity index (χ0n) is 20.5. The third kappa shape index (κ3) is 7.67. The van der Waals surface area contributed by atoms with Crippen LogP contribution in [0.5, 0.6) is 0 Å². The number of furan rings is 1. The second-order valence-corrected chi connectivity index (χ2v) is 11.3. The van der Waals surface area contributed by atoms with E-state index in [0.717, 1.165) is 24.0 Å². The summed E-state index contributed by atoms with van der Waals surface area (Å²) in [6, 6.07) is 16.5. The van der Waals surface area contributed by atoms with Crippen LogP contribution in [0.3, 0.4) is 0 Å². The first kappa shape index (κ1) is 26.9. The van der Waals surface area contributed by atoms with Gasteiger partial charge < -0.3 is 14.6 Å². The van der Waals surface area contributed by atoms with Gasteiger partial charge >= 0.3 is 0 Å². The number of hydrogen-bond donors (Lipinski definition) is 2. The van der Waals surface area contributed by atoms with Gasteiger partial charge in [-0.05, 0) is 73.7 Å². The maximum absolute atomic E-state index is 13.3. The summed E-state index contributed by atoms with van der Waals surface area (Å²) in [6.45, 7) is 2.16. The van der Waals surface area contributed by atoms with Crippen LogP contribution in [0.4, 0.5) is 0 Å². The molecule has 8 nitrogen and oxygen atoms in total. The lowest BCUT2D eigenvalue weighted by molar-refractivity contribution is -0.140. The van der Waals surface area contributed by atoms with Gasteiger partial charge in [-0.2, -0.15) is 0 Å². The number of nitrogens with one attached hydrogen (secondary N) is 2. The molecule has 10 heteroatoms. The second kappa shape index (κ2) is 11.9. The molecule has 1 aliphatic rings. The highest BCUT2D eigenvalue weighted by atomic mass is 35.5. The standard InChI is InChI=1S/C27H30ClN3O5S/c1-19(27(33)29-17-24-3-2-16-36-24)31(18-21-4-9-22(28)10-5-21)26(32)15-8-20-6-13-25(14-7-20)37(34,35)30-23-11-12-23/h2-7,9-10,13-14,16,19,23,30H,8,11-12,15,17-18H2,1H3,(H,29,33)/t19-/m1/s1. The van der Waals surface area contributed by atoms with Gasteiger partial charge in [-0.3, -0.25) is 9.59 Å². The van der Waals surface area contributed by atoms with Gasteiger partial charge in [0.05, 0.1) is 17.7 Å². The lowest BCUT2D eigenvalue weighted by Crippen LogP contribution is -2.47. The van der Waals surface area contributed by atoms with E-state index in [4.69, 9.17) is 16.0 Å². The van der Waals surface area contributed by atoms with Crippen molar-refractivity contribution in [2.45, 2.75) is 62.7 Å². The first-order chi connectivity index (χ1) is 17.7. The fraction of sp³-hybridized carbons (Fsp3) is 0.333. The summed E-state index contributed by atoms with van der Waals surface area (Å²) in [5.41, 5.74) is 1.68. The lowest BCUT2D eigenvalue weighted by atomic mass is 10.1. The maximum Gasteiger partial charge on any atom is 0.242 e. The summed E-state index contributed by atoms with van der Waals surface area (Å²) in [7, 11) is -3.52. The fourth-order valence-electron chi connectivity index (χ4n) is 3.82. The van der Waals surface area contributed by atoms with Crippen molar-refractivity contribution in [3.8, 4) is 0 Å². The normalized spacial score (nSPS) is 14.2. The number of benzene rings is 2. The van der Waals surface area contributed by atoms with Crippen LogP contribution >= 0.6 is 11.6 Å². The van der Waals surface area contributed by atoms with Crippen LogP contribution in [0, 0.1) is 0 Å². The minimum atomic E-state index is -3.52. The van der Waals surface area contributed by atoms with Crippen molar-refractivity contribution in [3.05, 3.63) is 88.8 Å². The number of hydrogen-bond acceptors (Lipinski definition) is 5. The van der Waals surface area contributed by atoms with Gasteiger partial charge in [-0.15, -0.1) is 0 Å². The molecule has 1 aliphatic carbocycles. The van der Waals surface area contributed by atoms with Gasteiger partial charge in [-0.25, -0.2) is 13.1 Å². The minimum Gasteiger partial charge on any atom is -0.467 e. The summed E-state index contributed by atoms with van der Waals surface area (Å²) in [6.07, 6.45) is 3.84. The Labute approximate surface area is 222 Å². The monoisotopic (exact) mass is 543 g/mol. The molecule has 1 atom stereocenters. The summed E-state index contributed by atoms with van der Waals surface area (Å²) in [4.78, 5) is 28.0. The zero-order valence-corrected chi connectivity index (χ0v) is 22.1. The summed E-state index contributed by atoms with van der Waals surface area (Å²) >= 11 is 6.00. The predicted octanol–water partition coefficient (Wildman–Crippen LogP) is 4.04. The first-order valence-electron chi connectivity index (χ1n) is 12.2. The zero-order chi connectivity index (χ0) is 26.4. The second-order valence-electron chi connectivity index (χ2n) is 9.16. The lowest BCUT2D eigenvalue weighted by Gasteiger charge is -2.29. The van der Waals surface area contributed by atoms with E-state index in [2.05, 4.69) is 10.0 Å². The van der Waals surface area contributed by atoms with E-state index in [9.17, 15) is 18.0 Å². The van der Waals surface area contributed by atoms with E-state index in [1.807, 2.05) is 12.1 Å². The highest BCUT2D eigenvalue weighted by molar-refractivity contribution is 7.89. The number of nitrogens with zero attached hydrogens (tertiary/aromatic N) is 1. The number of rotatable bonds is 12. The smallest absolute Gasteiger partial charge is 0.242 e. The van der Waals surface area contributed by atoms with Gasteiger partial charge in [0.2, 0.25) is 21.8 Å². The Hall–Kier alpha value is -3.14. The molecular weight excluding hydrogens is 514 g/mol. The van der Waals surface area contributed by atoms with E-state index >= 15 is 0 Å². The number of amides is 2. The third-order valence-electron chi connectivity index (χ3n) is 6.21. The summed E-state index contributed by atoms with van der Waals surface area (Å²) < 4.78 is 32.7. The Balaban J connectivity index is 1.41. The largest absolute Gasteiger partial charge is 0.467 e. The molecule has 0 spiro atoms. The van der Waals surface area contributed by atoms with E-state index in [1.165, 1.54) is 6.26 Å². The molecule has 1 fully saturated rings. The van der Waals surface area contributed by atoms with Crippen molar-refractivity contribution < 1.29 is 22.4 Å². The van der Waals surface area contributed by atoms with E-state index in [1.54, 1.807) is 60.4 Å². The topological polar surface area (TPSA) is 109 Å². The van der Waals surface area contributed by atoms with Crippen LogP contribution in [0.1, 0.15) is 43.1 Å². The van der Waals surface area contributed by atoms with Crippen molar-refractivity contribution in [1.29, 1.82) is 0 Å². The number of halogens is 1. The molecule has 0 unspecified atom stereocenters. The number of carbonyl (C=O) groups excluding carboxylic acids is 2. The van der Waals surface area contributed by atoms with Gasteiger partial charge in [-0.1, -0.05) is 35.9 Å². The Morgan fingerprint density at radius 3 is 2.35 bits per heavy atom. The third-order valence-corrected chi connectivity index (χ3v) is 8.00. The molecule has 37 heavy (non-hydrogen) atoms. The van der Waals surface area contributed by atoms with E-state index < -0.39 is 16.1 Å². The average Bonchev–Trinajstić information content (AvgIpc) is 3.53. The number of carbonyl (C=O) groups is 2. The summed E-state index contributed by atoms with van der Waals surface area (Å²) in [5.74, 6) is 0.132. The average molecular weight is 544 g/mol. The first-order valence-corrected chi connectivity index (χ1v) is 14.0. The van der Waals surface area contributed by atoms with Crippen LogP contribution < -0.4 is 10.0 Å². The molecule has 1 saturated carbocycles. The Kier molecular flexibility index (Phi) is 8.68. The molecule has 0 radical (unpaired) electrons. The molecule has 196 valence electrons. The van der Waals surface area contributed by atoms with Crippen LogP contribution in [0.2, 0.25) is 5.02 Å². The predicted molar refractivity (Wildman–Crippen MR) is 140 cm³/mol. The quantitative estimate of drug-likeness (QED) is 0.358. The molecule has 1 heterocycles. The van der Waals surface area contributed by atoms with Crippen molar-refractivity contribution in [2.75, 3.05) is 0 Å².